The topological polar surface area (TPSA) is 89.3 Å². The summed E-state index contributed by atoms with van der Waals surface area (Å²) in [5.74, 6) is 5.44. The molecule has 4 N–H and O–H groups in total. The van der Waals surface area contributed by atoms with Crippen molar-refractivity contribution in [2.45, 2.75) is 19.4 Å². The van der Waals surface area contributed by atoms with Gasteiger partial charge < -0.3 is 15.5 Å². The first kappa shape index (κ1) is 13.4. The molecule has 0 bridgehead atoms. The standard InChI is InChI=1S/C11H18N4O2/c1-3-8(7-17-2)14-11(16)9-5-4-6-13-10(9)15-12/h4-6,8H,3,7,12H2,1-2H3,(H,13,15)(H,14,16). The summed E-state index contributed by atoms with van der Waals surface area (Å²) in [5, 5.41) is 2.86. The van der Waals surface area contributed by atoms with Crippen LogP contribution in [0.5, 0.6) is 0 Å². The van der Waals surface area contributed by atoms with Gasteiger partial charge in [0.2, 0.25) is 0 Å². The molecule has 1 atom stereocenters. The maximum Gasteiger partial charge on any atom is 0.255 e. The van der Waals surface area contributed by atoms with Crippen molar-refractivity contribution >= 4 is 11.7 Å². The lowest BCUT2D eigenvalue weighted by Gasteiger charge is -2.16. The van der Waals surface area contributed by atoms with Crippen molar-refractivity contribution in [3.8, 4) is 0 Å². The second-order valence-corrected chi connectivity index (χ2v) is 3.58. The van der Waals surface area contributed by atoms with E-state index in [9.17, 15) is 4.79 Å². The molecule has 0 aliphatic rings. The van der Waals surface area contributed by atoms with Crippen LogP contribution in [-0.4, -0.2) is 30.6 Å². The van der Waals surface area contributed by atoms with Gasteiger partial charge in [0.25, 0.3) is 5.91 Å². The van der Waals surface area contributed by atoms with Crippen LogP contribution in [-0.2, 0) is 4.74 Å². The molecule has 0 aromatic carbocycles. The Hall–Kier alpha value is -1.66. The molecule has 0 saturated carbocycles. The van der Waals surface area contributed by atoms with Gasteiger partial charge in [-0.15, -0.1) is 0 Å². The van der Waals surface area contributed by atoms with E-state index < -0.39 is 0 Å². The fourth-order valence-electron chi connectivity index (χ4n) is 1.43. The Labute approximate surface area is 101 Å². The molecule has 94 valence electrons. The first-order valence-electron chi connectivity index (χ1n) is 5.44. The van der Waals surface area contributed by atoms with E-state index in [-0.39, 0.29) is 11.9 Å². The van der Waals surface area contributed by atoms with Crippen LogP contribution in [0.25, 0.3) is 0 Å². The van der Waals surface area contributed by atoms with Gasteiger partial charge in [0.05, 0.1) is 18.2 Å². The van der Waals surface area contributed by atoms with Gasteiger partial charge >= 0.3 is 0 Å². The largest absolute Gasteiger partial charge is 0.383 e. The minimum Gasteiger partial charge on any atom is -0.383 e. The van der Waals surface area contributed by atoms with Crippen LogP contribution in [0.15, 0.2) is 18.3 Å². The van der Waals surface area contributed by atoms with Gasteiger partial charge in [-0.2, -0.15) is 0 Å². The molecule has 0 aliphatic carbocycles. The number of nitrogens with two attached hydrogens (primary N) is 1. The van der Waals surface area contributed by atoms with Gasteiger partial charge in [-0.25, -0.2) is 10.8 Å². The molecule has 0 saturated heterocycles. The predicted octanol–water partition coefficient (Wildman–Crippen LogP) is 0.522. The number of nitrogens with one attached hydrogen (secondary N) is 2. The summed E-state index contributed by atoms with van der Waals surface area (Å²) in [6.45, 7) is 2.46. The molecule has 6 nitrogen and oxygen atoms in total. The highest BCUT2D eigenvalue weighted by Crippen LogP contribution is 2.10. The number of hydrazine groups is 1. The van der Waals surface area contributed by atoms with Crippen LogP contribution in [0.1, 0.15) is 23.7 Å². The summed E-state index contributed by atoms with van der Waals surface area (Å²) in [6, 6.07) is 3.34. The van der Waals surface area contributed by atoms with Crippen LogP contribution in [0, 0.1) is 0 Å². The third-order valence-electron chi connectivity index (χ3n) is 2.38. The third kappa shape index (κ3) is 3.69. The van der Waals surface area contributed by atoms with Crippen molar-refractivity contribution in [2.24, 2.45) is 5.84 Å². The number of aromatic nitrogens is 1. The lowest BCUT2D eigenvalue weighted by atomic mass is 10.2. The molecule has 17 heavy (non-hydrogen) atoms. The molecule has 0 fully saturated rings. The number of pyridine rings is 1. The molecule has 1 rings (SSSR count). The third-order valence-corrected chi connectivity index (χ3v) is 2.38. The number of amides is 1. The van der Waals surface area contributed by atoms with Crippen molar-refractivity contribution < 1.29 is 9.53 Å². The summed E-state index contributed by atoms with van der Waals surface area (Å²) in [4.78, 5) is 15.9. The van der Waals surface area contributed by atoms with E-state index in [1.165, 1.54) is 0 Å². The fourth-order valence-corrected chi connectivity index (χ4v) is 1.43. The molecule has 1 unspecified atom stereocenters. The Bertz CT molecular complexity index is 370. The first-order valence-corrected chi connectivity index (χ1v) is 5.44. The van der Waals surface area contributed by atoms with E-state index >= 15 is 0 Å². The van der Waals surface area contributed by atoms with Gasteiger partial charge in [-0.3, -0.25) is 4.79 Å². The summed E-state index contributed by atoms with van der Waals surface area (Å²) in [6.07, 6.45) is 2.36. The second kappa shape index (κ2) is 6.82. The Kier molecular flexibility index (Phi) is 5.38. The number of nitrogen functional groups attached to an aromatic ring is 1. The summed E-state index contributed by atoms with van der Waals surface area (Å²) in [7, 11) is 1.60. The quantitative estimate of drug-likeness (QED) is 0.496. The molecule has 0 radical (unpaired) electrons. The highest BCUT2D eigenvalue weighted by Gasteiger charge is 2.15. The van der Waals surface area contributed by atoms with Crippen molar-refractivity contribution in [2.75, 3.05) is 19.1 Å². The highest BCUT2D eigenvalue weighted by molar-refractivity contribution is 5.98. The minimum atomic E-state index is -0.213. The van der Waals surface area contributed by atoms with E-state index in [4.69, 9.17) is 10.6 Å². The lowest BCUT2D eigenvalue weighted by molar-refractivity contribution is 0.0895. The molecule has 0 spiro atoms. The predicted molar refractivity (Wildman–Crippen MR) is 65.5 cm³/mol. The molecule has 1 heterocycles. The summed E-state index contributed by atoms with van der Waals surface area (Å²) >= 11 is 0. The van der Waals surface area contributed by atoms with E-state index in [1.54, 1.807) is 25.4 Å². The molecule has 6 heteroatoms. The number of carbonyl (C=O) groups excluding carboxylic acids is 1. The Morgan fingerprint density at radius 1 is 1.65 bits per heavy atom. The number of rotatable bonds is 6. The van der Waals surface area contributed by atoms with Gasteiger partial charge in [-0.1, -0.05) is 6.92 Å². The van der Waals surface area contributed by atoms with Crippen molar-refractivity contribution in [3.63, 3.8) is 0 Å². The van der Waals surface area contributed by atoms with Crippen LogP contribution in [0.3, 0.4) is 0 Å². The fraction of sp³-hybridized carbons (Fsp3) is 0.455. The van der Waals surface area contributed by atoms with Gasteiger partial charge in [-0.05, 0) is 18.6 Å². The molecular weight excluding hydrogens is 220 g/mol. The first-order chi connectivity index (χ1) is 8.22. The molecular formula is C11H18N4O2. The average molecular weight is 238 g/mol. The van der Waals surface area contributed by atoms with E-state index in [0.29, 0.717) is 18.0 Å². The summed E-state index contributed by atoms with van der Waals surface area (Å²) < 4.78 is 5.02. The number of hydrogen-bond donors (Lipinski definition) is 3. The van der Waals surface area contributed by atoms with Gasteiger partial charge in [0.1, 0.15) is 0 Å². The van der Waals surface area contributed by atoms with E-state index in [2.05, 4.69) is 15.7 Å². The molecule has 1 amide bonds. The number of carbonyl (C=O) groups is 1. The molecule has 0 aliphatic heterocycles. The van der Waals surface area contributed by atoms with Crippen LogP contribution < -0.4 is 16.6 Å². The van der Waals surface area contributed by atoms with Gasteiger partial charge in [0.15, 0.2) is 5.82 Å². The number of anilines is 1. The average Bonchev–Trinajstić information content (AvgIpc) is 2.38. The zero-order valence-corrected chi connectivity index (χ0v) is 10.1. The number of hydrogen-bond acceptors (Lipinski definition) is 5. The monoisotopic (exact) mass is 238 g/mol. The van der Waals surface area contributed by atoms with Crippen molar-refractivity contribution in [1.29, 1.82) is 0 Å². The minimum absolute atomic E-state index is 0.0154. The number of methoxy groups -OCH3 is 1. The van der Waals surface area contributed by atoms with Crippen LogP contribution >= 0.6 is 0 Å². The van der Waals surface area contributed by atoms with Crippen LogP contribution in [0.2, 0.25) is 0 Å². The normalized spacial score (nSPS) is 11.9. The zero-order valence-electron chi connectivity index (χ0n) is 10.1. The Balaban J connectivity index is 2.75. The van der Waals surface area contributed by atoms with Crippen molar-refractivity contribution in [1.82, 2.24) is 10.3 Å². The van der Waals surface area contributed by atoms with E-state index in [1.807, 2.05) is 6.92 Å². The van der Waals surface area contributed by atoms with E-state index in [0.717, 1.165) is 6.42 Å². The molecule has 1 aromatic heterocycles. The van der Waals surface area contributed by atoms with Crippen molar-refractivity contribution in [3.05, 3.63) is 23.9 Å². The zero-order chi connectivity index (χ0) is 12.7. The lowest BCUT2D eigenvalue weighted by Crippen LogP contribution is -2.38. The Morgan fingerprint density at radius 3 is 3.00 bits per heavy atom. The number of nitrogens with zero attached hydrogens (tertiary/aromatic N) is 1. The number of ether oxygens (including phenoxy) is 1. The second-order valence-electron chi connectivity index (χ2n) is 3.58. The van der Waals surface area contributed by atoms with Gasteiger partial charge in [0, 0.05) is 13.3 Å². The molecule has 1 aromatic rings. The summed E-state index contributed by atoms with van der Waals surface area (Å²) in [5.41, 5.74) is 2.82. The Morgan fingerprint density at radius 2 is 2.41 bits per heavy atom. The smallest absolute Gasteiger partial charge is 0.255 e. The maximum atomic E-state index is 12.0. The SMILES string of the molecule is CCC(COC)NC(=O)c1cccnc1NN. The van der Waals surface area contributed by atoms with Crippen LogP contribution in [0.4, 0.5) is 5.82 Å². The highest BCUT2D eigenvalue weighted by atomic mass is 16.5. The maximum absolute atomic E-state index is 12.0.